The molecule has 1 N–H and O–H groups in total. The van der Waals surface area contributed by atoms with Gasteiger partial charge in [-0.05, 0) is 30.0 Å². The lowest BCUT2D eigenvalue weighted by Gasteiger charge is -2.30. The van der Waals surface area contributed by atoms with E-state index in [0.29, 0.717) is 0 Å². The zero-order chi connectivity index (χ0) is 11.0. The van der Waals surface area contributed by atoms with Crippen LogP contribution in [0.25, 0.3) is 0 Å². The van der Waals surface area contributed by atoms with Gasteiger partial charge in [-0.25, -0.2) is 0 Å². The Hall–Kier alpha value is -1.06. The number of morpholine rings is 1. The number of anilines is 1. The van der Waals surface area contributed by atoms with Crippen LogP contribution in [0.1, 0.15) is 23.7 Å². The smallest absolute Gasteiger partial charge is 0.0796 e. The Morgan fingerprint density at radius 3 is 2.88 bits per heavy atom. The maximum Gasteiger partial charge on any atom is 0.0796 e. The first-order chi connectivity index (χ1) is 7.86. The van der Waals surface area contributed by atoms with Crippen molar-refractivity contribution in [1.82, 2.24) is 0 Å². The van der Waals surface area contributed by atoms with E-state index in [1.54, 1.807) is 0 Å². The maximum absolute atomic E-state index is 9.86. The number of ether oxygens (including phenoxy) is 1. The molecule has 1 heterocycles. The van der Waals surface area contributed by atoms with E-state index in [4.69, 9.17) is 4.74 Å². The number of hydrogen-bond acceptors (Lipinski definition) is 3. The fourth-order valence-electron chi connectivity index (χ4n) is 2.71. The molecule has 1 aromatic carbocycles. The molecular weight excluding hydrogens is 202 g/mol. The molecular formula is C13H17NO2. The molecule has 2 aliphatic rings. The molecule has 0 saturated carbocycles. The van der Waals surface area contributed by atoms with E-state index >= 15 is 0 Å². The Bertz CT molecular complexity index is 386. The SMILES string of the molecule is OC1CCc2c1cccc2N1CCOCC1. The molecule has 3 rings (SSSR count). The number of rotatable bonds is 1. The number of hydrogen-bond donors (Lipinski definition) is 1. The highest BCUT2D eigenvalue weighted by molar-refractivity contribution is 5.59. The van der Waals surface area contributed by atoms with Gasteiger partial charge in [-0.15, -0.1) is 0 Å². The van der Waals surface area contributed by atoms with Gasteiger partial charge in [-0.1, -0.05) is 12.1 Å². The van der Waals surface area contributed by atoms with Crippen LogP contribution in [0.3, 0.4) is 0 Å². The third-order valence-electron chi connectivity index (χ3n) is 3.57. The van der Waals surface area contributed by atoms with Gasteiger partial charge in [0.1, 0.15) is 0 Å². The van der Waals surface area contributed by atoms with Crippen molar-refractivity contribution < 1.29 is 9.84 Å². The fourth-order valence-corrected chi connectivity index (χ4v) is 2.71. The molecule has 1 aliphatic carbocycles. The lowest BCUT2D eigenvalue weighted by Crippen LogP contribution is -2.36. The van der Waals surface area contributed by atoms with Crippen LogP contribution in [-0.4, -0.2) is 31.4 Å². The summed E-state index contributed by atoms with van der Waals surface area (Å²) in [5.74, 6) is 0. The summed E-state index contributed by atoms with van der Waals surface area (Å²) in [6, 6.07) is 6.28. The third kappa shape index (κ3) is 1.60. The minimum Gasteiger partial charge on any atom is -0.388 e. The van der Waals surface area contributed by atoms with Gasteiger partial charge in [0.05, 0.1) is 19.3 Å². The first kappa shape index (κ1) is 10.1. The van der Waals surface area contributed by atoms with E-state index in [1.807, 2.05) is 0 Å². The maximum atomic E-state index is 9.86. The Balaban J connectivity index is 1.95. The second-order valence-corrected chi connectivity index (χ2v) is 4.50. The lowest BCUT2D eigenvalue weighted by molar-refractivity contribution is 0.122. The second-order valence-electron chi connectivity index (χ2n) is 4.50. The first-order valence-electron chi connectivity index (χ1n) is 5.99. The van der Waals surface area contributed by atoms with E-state index in [0.717, 1.165) is 44.7 Å². The molecule has 0 bridgehead atoms. The molecule has 3 nitrogen and oxygen atoms in total. The fraction of sp³-hybridized carbons (Fsp3) is 0.538. The van der Waals surface area contributed by atoms with E-state index in [1.165, 1.54) is 11.3 Å². The number of nitrogens with zero attached hydrogens (tertiary/aromatic N) is 1. The number of benzene rings is 1. The van der Waals surface area contributed by atoms with Gasteiger partial charge in [0.25, 0.3) is 0 Å². The van der Waals surface area contributed by atoms with Crippen molar-refractivity contribution in [2.45, 2.75) is 18.9 Å². The van der Waals surface area contributed by atoms with Crippen molar-refractivity contribution in [2.75, 3.05) is 31.2 Å². The number of fused-ring (bicyclic) bond motifs is 1. The van der Waals surface area contributed by atoms with E-state index in [2.05, 4.69) is 23.1 Å². The molecule has 1 atom stereocenters. The van der Waals surface area contributed by atoms with Crippen molar-refractivity contribution >= 4 is 5.69 Å². The summed E-state index contributed by atoms with van der Waals surface area (Å²) >= 11 is 0. The minimum atomic E-state index is -0.254. The highest BCUT2D eigenvalue weighted by atomic mass is 16.5. The summed E-state index contributed by atoms with van der Waals surface area (Å²) in [7, 11) is 0. The van der Waals surface area contributed by atoms with Crippen LogP contribution in [-0.2, 0) is 11.2 Å². The predicted octanol–water partition coefficient (Wildman–Crippen LogP) is 1.50. The number of aliphatic hydroxyl groups is 1. The summed E-state index contributed by atoms with van der Waals surface area (Å²) in [4.78, 5) is 2.38. The highest BCUT2D eigenvalue weighted by Gasteiger charge is 2.25. The van der Waals surface area contributed by atoms with Crippen LogP contribution in [0, 0.1) is 0 Å². The monoisotopic (exact) mass is 219 g/mol. The summed E-state index contributed by atoms with van der Waals surface area (Å²) < 4.78 is 5.37. The van der Waals surface area contributed by atoms with E-state index < -0.39 is 0 Å². The van der Waals surface area contributed by atoms with Crippen LogP contribution in [0.2, 0.25) is 0 Å². The molecule has 0 amide bonds. The van der Waals surface area contributed by atoms with Crippen LogP contribution in [0.5, 0.6) is 0 Å². The van der Waals surface area contributed by atoms with E-state index in [9.17, 15) is 5.11 Å². The van der Waals surface area contributed by atoms with Gasteiger partial charge in [0.15, 0.2) is 0 Å². The average Bonchev–Trinajstić information content (AvgIpc) is 2.73. The van der Waals surface area contributed by atoms with Crippen LogP contribution in [0.4, 0.5) is 5.69 Å². The lowest BCUT2D eigenvalue weighted by atomic mass is 10.1. The first-order valence-corrected chi connectivity index (χ1v) is 5.99. The van der Waals surface area contributed by atoms with Crippen LogP contribution in [0.15, 0.2) is 18.2 Å². The largest absolute Gasteiger partial charge is 0.388 e. The normalized spacial score (nSPS) is 24.6. The average molecular weight is 219 g/mol. The van der Waals surface area contributed by atoms with Gasteiger partial charge in [-0.2, -0.15) is 0 Å². The molecule has 1 aromatic rings. The van der Waals surface area contributed by atoms with Crippen molar-refractivity contribution in [3.63, 3.8) is 0 Å². The molecule has 16 heavy (non-hydrogen) atoms. The molecule has 0 aromatic heterocycles. The minimum absolute atomic E-state index is 0.254. The Labute approximate surface area is 95.6 Å². The second kappa shape index (κ2) is 4.07. The Kier molecular flexibility index (Phi) is 2.58. The molecule has 1 unspecified atom stereocenters. The molecule has 0 spiro atoms. The molecule has 0 radical (unpaired) electrons. The number of aliphatic hydroxyl groups excluding tert-OH is 1. The van der Waals surface area contributed by atoms with Crippen molar-refractivity contribution in [3.8, 4) is 0 Å². The zero-order valence-corrected chi connectivity index (χ0v) is 9.35. The van der Waals surface area contributed by atoms with Crippen molar-refractivity contribution in [1.29, 1.82) is 0 Å². The van der Waals surface area contributed by atoms with Gasteiger partial charge in [0, 0.05) is 18.8 Å². The molecule has 3 heteroatoms. The topological polar surface area (TPSA) is 32.7 Å². The van der Waals surface area contributed by atoms with E-state index in [-0.39, 0.29) is 6.10 Å². The Morgan fingerprint density at radius 1 is 1.25 bits per heavy atom. The standard InChI is InChI=1S/C13H17NO2/c15-13-5-4-10-11(13)2-1-3-12(10)14-6-8-16-9-7-14/h1-3,13,15H,4-9H2. The zero-order valence-electron chi connectivity index (χ0n) is 9.35. The summed E-state index contributed by atoms with van der Waals surface area (Å²) in [6.07, 6.45) is 1.62. The van der Waals surface area contributed by atoms with Crippen LogP contribution >= 0.6 is 0 Å². The molecule has 1 saturated heterocycles. The molecule has 86 valence electrons. The highest BCUT2D eigenvalue weighted by Crippen LogP contribution is 2.37. The van der Waals surface area contributed by atoms with Gasteiger partial charge >= 0.3 is 0 Å². The van der Waals surface area contributed by atoms with Crippen molar-refractivity contribution in [2.24, 2.45) is 0 Å². The third-order valence-corrected chi connectivity index (χ3v) is 3.57. The van der Waals surface area contributed by atoms with Gasteiger partial charge in [0.2, 0.25) is 0 Å². The Morgan fingerprint density at radius 2 is 2.06 bits per heavy atom. The summed E-state index contributed by atoms with van der Waals surface area (Å²) in [6.45, 7) is 3.55. The van der Waals surface area contributed by atoms with Crippen molar-refractivity contribution in [3.05, 3.63) is 29.3 Å². The van der Waals surface area contributed by atoms with Crippen LogP contribution < -0.4 is 4.90 Å². The van der Waals surface area contributed by atoms with Gasteiger partial charge < -0.3 is 14.7 Å². The predicted molar refractivity (Wildman–Crippen MR) is 62.8 cm³/mol. The summed E-state index contributed by atoms with van der Waals surface area (Å²) in [5, 5.41) is 9.86. The molecule has 1 aliphatic heterocycles. The quantitative estimate of drug-likeness (QED) is 0.777. The summed E-state index contributed by atoms with van der Waals surface area (Å²) in [5.41, 5.74) is 3.78. The van der Waals surface area contributed by atoms with Gasteiger partial charge in [-0.3, -0.25) is 0 Å². The molecule has 1 fully saturated rings.